The smallest absolute Gasteiger partial charge is 0.161 e. The Labute approximate surface area is 130 Å². The summed E-state index contributed by atoms with van der Waals surface area (Å²) in [4.78, 5) is 1.28. The highest BCUT2D eigenvalue weighted by Crippen LogP contribution is 2.30. The molecule has 0 aliphatic rings. The molecule has 2 aromatic rings. The van der Waals surface area contributed by atoms with Crippen molar-refractivity contribution in [2.75, 3.05) is 19.4 Å². The minimum atomic E-state index is 0.220. The quantitative estimate of drug-likeness (QED) is 0.759. The minimum Gasteiger partial charge on any atom is -0.493 e. The first kappa shape index (κ1) is 15.9. The molecular weight excluding hydrogens is 282 g/mol. The third kappa shape index (κ3) is 4.02. The summed E-state index contributed by atoms with van der Waals surface area (Å²) >= 11 is 1.85. The minimum absolute atomic E-state index is 0.220. The summed E-state index contributed by atoms with van der Waals surface area (Å²) in [5, 5.41) is 7.95. The number of rotatable bonds is 8. The van der Waals surface area contributed by atoms with Crippen LogP contribution in [0.25, 0.3) is 0 Å². The molecule has 1 atom stereocenters. The van der Waals surface area contributed by atoms with E-state index in [0.717, 1.165) is 30.3 Å². The Morgan fingerprint density at radius 1 is 1.29 bits per heavy atom. The van der Waals surface area contributed by atoms with E-state index in [1.807, 2.05) is 22.5 Å². The molecule has 1 aromatic heterocycles. The summed E-state index contributed by atoms with van der Waals surface area (Å²) < 4.78 is 7.49. The fourth-order valence-electron chi connectivity index (χ4n) is 2.32. The van der Waals surface area contributed by atoms with E-state index in [1.165, 1.54) is 4.90 Å². The molecule has 0 bridgehead atoms. The average Bonchev–Trinajstić information content (AvgIpc) is 2.95. The third-order valence-corrected chi connectivity index (χ3v) is 4.41. The molecule has 5 heteroatoms. The van der Waals surface area contributed by atoms with E-state index in [0.29, 0.717) is 0 Å². The van der Waals surface area contributed by atoms with Crippen LogP contribution in [0, 0.1) is 0 Å². The summed E-state index contributed by atoms with van der Waals surface area (Å²) in [7, 11) is 1.70. The molecule has 0 amide bonds. The normalized spacial score (nSPS) is 12.3. The molecule has 2 rings (SSSR count). The highest BCUT2D eigenvalue weighted by atomic mass is 32.2. The van der Waals surface area contributed by atoms with Crippen LogP contribution in [0.4, 0.5) is 0 Å². The van der Waals surface area contributed by atoms with Crippen LogP contribution in [-0.2, 0) is 6.54 Å². The zero-order chi connectivity index (χ0) is 15.1. The fraction of sp³-hybridized carbons (Fsp3) is 0.438. The molecule has 0 fully saturated rings. The number of methoxy groups -OCH3 is 1. The summed E-state index contributed by atoms with van der Waals surface area (Å²) in [5.74, 6) is 1.80. The Kier molecular flexibility index (Phi) is 6.14. The van der Waals surface area contributed by atoms with Gasteiger partial charge in [-0.05, 0) is 25.6 Å². The van der Waals surface area contributed by atoms with Gasteiger partial charge in [0.05, 0.1) is 25.0 Å². The van der Waals surface area contributed by atoms with Crippen molar-refractivity contribution < 1.29 is 4.74 Å². The van der Waals surface area contributed by atoms with Crippen LogP contribution >= 0.6 is 11.8 Å². The SMILES string of the molecule is CCNC(CSc1ccccc1)c1c(OC)cnn1CC. The standard InChI is InChI=1S/C16H23N3OS/c1-4-17-14(12-21-13-9-7-6-8-10-13)16-15(20-3)11-18-19(16)5-2/h6-11,14,17H,4-5,12H2,1-3H3. The first-order chi connectivity index (χ1) is 10.3. The van der Waals surface area contributed by atoms with Gasteiger partial charge in [-0.2, -0.15) is 5.10 Å². The van der Waals surface area contributed by atoms with E-state index in [9.17, 15) is 0 Å². The molecule has 1 N–H and O–H groups in total. The zero-order valence-electron chi connectivity index (χ0n) is 12.9. The van der Waals surface area contributed by atoms with Crippen molar-refractivity contribution in [3.63, 3.8) is 0 Å². The average molecular weight is 305 g/mol. The van der Waals surface area contributed by atoms with Crippen LogP contribution in [0.1, 0.15) is 25.6 Å². The summed E-state index contributed by atoms with van der Waals surface area (Å²) in [5.41, 5.74) is 1.13. The maximum absolute atomic E-state index is 5.47. The number of nitrogens with zero attached hydrogens (tertiary/aromatic N) is 2. The van der Waals surface area contributed by atoms with Gasteiger partial charge in [-0.15, -0.1) is 11.8 Å². The predicted octanol–water partition coefficient (Wildman–Crippen LogP) is 3.35. The first-order valence-electron chi connectivity index (χ1n) is 7.31. The maximum Gasteiger partial charge on any atom is 0.161 e. The van der Waals surface area contributed by atoms with Crippen molar-refractivity contribution in [1.82, 2.24) is 15.1 Å². The van der Waals surface area contributed by atoms with Gasteiger partial charge >= 0.3 is 0 Å². The Morgan fingerprint density at radius 3 is 2.67 bits per heavy atom. The van der Waals surface area contributed by atoms with Gasteiger partial charge in [0.1, 0.15) is 0 Å². The Balaban J connectivity index is 2.16. The van der Waals surface area contributed by atoms with Crippen LogP contribution in [0.5, 0.6) is 5.75 Å². The van der Waals surface area contributed by atoms with Crippen LogP contribution in [0.15, 0.2) is 41.4 Å². The number of nitrogens with one attached hydrogen (secondary N) is 1. The van der Waals surface area contributed by atoms with Crippen LogP contribution in [0.3, 0.4) is 0 Å². The highest BCUT2D eigenvalue weighted by Gasteiger charge is 2.21. The van der Waals surface area contributed by atoms with Crippen LogP contribution in [-0.4, -0.2) is 29.2 Å². The molecule has 0 aliphatic carbocycles. The van der Waals surface area contributed by atoms with Crippen molar-refractivity contribution in [3.05, 3.63) is 42.2 Å². The Hall–Kier alpha value is -1.46. The Bertz CT molecular complexity index is 520. The van der Waals surface area contributed by atoms with Crippen molar-refractivity contribution in [1.29, 1.82) is 0 Å². The van der Waals surface area contributed by atoms with Crippen molar-refractivity contribution in [2.24, 2.45) is 0 Å². The van der Waals surface area contributed by atoms with Crippen molar-refractivity contribution in [2.45, 2.75) is 31.3 Å². The van der Waals surface area contributed by atoms with Gasteiger partial charge in [0.25, 0.3) is 0 Å². The number of thioether (sulfide) groups is 1. The number of hydrogen-bond donors (Lipinski definition) is 1. The summed E-state index contributed by atoms with van der Waals surface area (Å²) in [6, 6.07) is 10.7. The first-order valence-corrected chi connectivity index (χ1v) is 8.29. The van der Waals surface area contributed by atoms with Gasteiger partial charge < -0.3 is 10.1 Å². The molecule has 0 aliphatic heterocycles. The van der Waals surface area contributed by atoms with Crippen molar-refractivity contribution >= 4 is 11.8 Å². The number of benzene rings is 1. The molecule has 1 aromatic carbocycles. The second-order valence-corrected chi connectivity index (χ2v) is 5.74. The zero-order valence-corrected chi connectivity index (χ0v) is 13.7. The molecular formula is C16H23N3OS. The third-order valence-electron chi connectivity index (χ3n) is 3.30. The number of hydrogen-bond acceptors (Lipinski definition) is 4. The molecule has 0 spiro atoms. The van der Waals surface area contributed by atoms with E-state index in [-0.39, 0.29) is 6.04 Å². The topological polar surface area (TPSA) is 39.1 Å². The van der Waals surface area contributed by atoms with E-state index in [2.05, 4.69) is 48.5 Å². The molecule has 0 saturated heterocycles. The van der Waals surface area contributed by atoms with E-state index < -0.39 is 0 Å². The fourth-order valence-corrected chi connectivity index (χ4v) is 3.30. The molecule has 1 unspecified atom stereocenters. The number of aryl methyl sites for hydroxylation is 1. The molecule has 1 heterocycles. The molecule has 0 saturated carbocycles. The lowest BCUT2D eigenvalue weighted by molar-refractivity contribution is 0.397. The predicted molar refractivity (Wildman–Crippen MR) is 88.0 cm³/mol. The van der Waals surface area contributed by atoms with Crippen molar-refractivity contribution in [3.8, 4) is 5.75 Å². The summed E-state index contributed by atoms with van der Waals surface area (Å²) in [6.07, 6.45) is 1.80. The van der Waals surface area contributed by atoms with E-state index in [1.54, 1.807) is 13.3 Å². The Morgan fingerprint density at radius 2 is 2.05 bits per heavy atom. The van der Waals surface area contributed by atoms with Gasteiger partial charge in [-0.25, -0.2) is 0 Å². The van der Waals surface area contributed by atoms with Gasteiger partial charge in [-0.1, -0.05) is 25.1 Å². The second-order valence-electron chi connectivity index (χ2n) is 4.65. The van der Waals surface area contributed by atoms with Gasteiger partial charge in [0.2, 0.25) is 0 Å². The number of aromatic nitrogens is 2. The van der Waals surface area contributed by atoms with Gasteiger partial charge in [0, 0.05) is 17.2 Å². The second kappa shape index (κ2) is 8.10. The molecule has 21 heavy (non-hydrogen) atoms. The van der Waals surface area contributed by atoms with Crippen LogP contribution < -0.4 is 10.1 Å². The van der Waals surface area contributed by atoms with Gasteiger partial charge in [-0.3, -0.25) is 4.68 Å². The summed E-state index contributed by atoms with van der Waals surface area (Å²) in [6.45, 7) is 5.98. The molecule has 0 radical (unpaired) electrons. The van der Waals surface area contributed by atoms with E-state index in [4.69, 9.17) is 4.74 Å². The van der Waals surface area contributed by atoms with E-state index >= 15 is 0 Å². The molecule has 4 nitrogen and oxygen atoms in total. The lowest BCUT2D eigenvalue weighted by atomic mass is 10.2. The highest BCUT2D eigenvalue weighted by molar-refractivity contribution is 7.99. The monoisotopic (exact) mass is 305 g/mol. The molecule has 114 valence electrons. The number of ether oxygens (including phenoxy) is 1. The van der Waals surface area contributed by atoms with Gasteiger partial charge in [0.15, 0.2) is 5.75 Å². The lowest BCUT2D eigenvalue weighted by Crippen LogP contribution is -2.26. The maximum atomic E-state index is 5.47. The lowest BCUT2D eigenvalue weighted by Gasteiger charge is -2.20. The largest absolute Gasteiger partial charge is 0.493 e. The van der Waals surface area contributed by atoms with Crippen LogP contribution in [0.2, 0.25) is 0 Å².